The lowest BCUT2D eigenvalue weighted by atomic mass is 10.2. The molecule has 0 bridgehead atoms. The van der Waals surface area contributed by atoms with Gasteiger partial charge in [-0.05, 0) is 30.2 Å². The Hall–Kier alpha value is -1.29. The Bertz CT molecular complexity index is 505. The predicted molar refractivity (Wildman–Crippen MR) is 89.4 cm³/mol. The van der Waals surface area contributed by atoms with E-state index in [1.54, 1.807) is 6.20 Å². The highest BCUT2D eigenvalue weighted by atomic mass is 35.5. The lowest BCUT2D eigenvalue weighted by molar-refractivity contribution is 0.251. The van der Waals surface area contributed by atoms with Crippen LogP contribution in [0.1, 0.15) is 18.9 Å². The summed E-state index contributed by atoms with van der Waals surface area (Å²) in [7, 11) is 0. The maximum Gasteiger partial charge on any atom is 0.213 e. The summed E-state index contributed by atoms with van der Waals surface area (Å²) in [6.45, 7) is 3.56. The van der Waals surface area contributed by atoms with Gasteiger partial charge in [0.1, 0.15) is 6.61 Å². The molecule has 5 heteroatoms. The fourth-order valence-corrected chi connectivity index (χ4v) is 1.93. The van der Waals surface area contributed by atoms with Crippen LogP contribution in [0.5, 0.6) is 5.88 Å². The van der Waals surface area contributed by atoms with E-state index >= 15 is 0 Å². The summed E-state index contributed by atoms with van der Waals surface area (Å²) in [6, 6.07) is 13.8. The first-order valence-electron chi connectivity index (χ1n) is 6.79. The topological polar surface area (TPSA) is 34.1 Å². The highest BCUT2D eigenvalue weighted by molar-refractivity contribution is 6.30. The Labute approximate surface area is 137 Å². The Morgan fingerprint density at radius 1 is 1.19 bits per heavy atom. The third kappa shape index (κ3) is 6.34. The molecule has 1 heterocycles. The van der Waals surface area contributed by atoms with Gasteiger partial charge < -0.3 is 10.1 Å². The number of aromatic nitrogens is 1. The smallest absolute Gasteiger partial charge is 0.213 e. The molecule has 0 amide bonds. The monoisotopic (exact) mass is 326 g/mol. The van der Waals surface area contributed by atoms with Crippen molar-refractivity contribution in [2.45, 2.75) is 25.9 Å². The van der Waals surface area contributed by atoms with Crippen molar-refractivity contribution in [3.05, 3.63) is 59.2 Å². The minimum atomic E-state index is 0. The number of nitrogens with one attached hydrogen (secondary N) is 1. The highest BCUT2D eigenvalue weighted by Crippen LogP contribution is 2.10. The van der Waals surface area contributed by atoms with Gasteiger partial charge in [-0.1, -0.05) is 36.7 Å². The van der Waals surface area contributed by atoms with Crippen LogP contribution < -0.4 is 10.1 Å². The highest BCUT2D eigenvalue weighted by Gasteiger charge is 2.07. The quantitative estimate of drug-likeness (QED) is 0.831. The van der Waals surface area contributed by atoms with Crippen LogP contribution in [-0.2, 0) is 6.54 Å². The van der Waals surface area contributed by atoms with E-state index in [0.717, 1.165) is 18.0 Å². The van der Waals surface area contributed by atoms with Crippen molar-refractivity contribution in [1.29, 1.82) is 0 Å². The zero-order chi connectivity index (χ0) is 14.2. The van der Waals surface area contributed by atoms with Crippen LogP contribution in [0.25, 0.3) is 0 Å². The van der Waals surface area contributed by atoms with Crippen molar-refractivity contribution in [2.75, 3.05) is 6.61 Å². The molecule has 3 nitrogen and oxygen atoms in total. The molecular formula is C16H20Cl2N2O. The maximum atomic E-state index is 5.87. The number of ether oxygens (including phenoxy) is 1. The van der Waals surface area contributed by atoms with Crippen LogP contribution in [0.2, 0.25) is 5.02 Å². The molecule has 0 aliphatic carbocycles. The van der Waals surface area contributed by atoms with Gasteiger partial charge in [0.2, 0.25) is 5.88 Å². The Morgan fingerprint density at radius 3 is 2.57 bits per heavy atom. The summed E-state index contributed by atoms with van der Waals surface area (Å²) >= 11 is 5.87. The molecule has 0 saturated heterocycles. The van der Waals surface area contributed by atoms with Gasteiger partial charge in [-0.15, -0.1) is 12.4 Å². The van der Waals surface area contributed by atoms with Crippen LogP contribution >= 0.6 is 24.0 Å². The van der Waals surface area contributed by atoms with E-state index in [-0.39, 0.29) is 12.4 Å². The Morgan fingerprint density at radius 2 is 1.95 bits per heavy atom. The fraction of sp³-hybridized carbons (Fsp3) is 0.312. The molecule has 0 aliphatic heterocycles. The van der Waals surface area contributed by atoms with Crippen molar-refractivity contribution in [2.24, 2.45) is 0 Å². The molecule has 0 aliphatic rings. The van der Waals surface area contributed by atoms with Crippen LogP contribution in [0.3, 0.4) is 0 Å². The third-order valence-electron chi connectivity index (χ3n) is 3.07. The average molecular weight is 327 g/mol. The van der Waals surface area contributed by atoms with Gasteiger partial charge in [0.25, 0.3) is 0 Å². The summed E-state index contributed by atoms with van der Waals surface area (Å²) in [5.41, 5.74) is 1.21. The predicted octanol–water partition coefficient (Wildman–Crippen LogP) is 4.10. The number of benzene rings is 1. The second-order valence-corrected chi connectivity index (χ2v) is 5.03. The number of pyridine rings is 1. The number of nitrogens with zero attached hydrogens (tertiary/aromatic N) is 1. The first-order valence-corrected chi connectivity index (χ1v) is 7.17. The molecule has 0 saturated carbocycles. The molecule has 1 atom stereocenters. The lowest BCUT2D eigenvalue weighted by Gasteiger charge is -2.17. The van der Waals surface area contributed by atoms with Gasteiger partial charge in [-0.2, -0.15) is 0 Å². The van der Waals surface area contributed by atoms with E-state index in [4.69, 9.17) is 16.3 Å². The fourth-order valence-electron chi connectivity index (χ4n) is 1.80. The summed E-state index contributed by atoms with van der Waals surface area (Å²) in [6.07, 6.45) is 2.73. The van der Waals surface area contributed by atoms with Gasteiger partial charge in [0.15, 0.2) is 0 Å². The van der Waals surface area contributed by atoms with Gasteiger partial charge in [-0.25, -0.2) is 4.98 Å². The molecule has 2 aromatic rings. The number of hydrogen-bond donors (Lipinski definition) is 1. The molecule has 1 aromatic carbocycles. The van der Waals surface area contributed by atoms with Gasteiger partial charge in [0, 0.05) is 29.9 Å². The van der Waals surface area contributed by atoms with Gasteiger partial charge in [-0.3, -0.25) is 0 Å². The second kappa shape index (κ2) is 9.61. The van der Waals surface area contributed by atoms with E-state index in [1.165, 1.54) is 5.56 Å². The molecule has 0 radical (unpaired) electrons. The summed E-state index contributed by atoms with van der Waals surface area (Å²) in [4.78, 5) is 4.15. The number of hydrogen-bond acceptors (Lipinski definition) is 3. The van der Waals surface area contributed by atoms with Crippen LogP contribution in [0.15, 0.2) is 48.7 Å². The van der Waals surface area contributed by atoms with Crippen LogP contribution in [0, 0.1) is 0 Å². The standard InChI is InChI=1S/C16H19ClN2O.ClH/c1-2-15(12-20-16-5-3-4-10-18-16)19-11-13-6-8-14(17)9-7-13;/h3-10,15,19H,2,11-12H2,1H3;1H. The van der Waals surface area contributed by atoms with Crippen molar-refractivity contribution >= 4 is 24.0 Å². The Kier molecular flexibility index (Phi) is 8.13. The molecular weight excluding hydrogens is 307 g/mol. The molecule has 1 aromatic heterocycles. The minimum absolute atomic E-state index is 0. The van der Waals surface area contributed by atoms with Gasteiger partial charge in [0.05, 0.1) is 0 Å². The van der Waals surface area contributed by atoms with Crippen LogP contribution in [0.4, 0.5) is 0 Å². The first-order chi connectivity index (χ1) is 9.78. The average Bonchev–Trinajstić information content (AvgIpc) is 2.50. The molecule has 21 heavy (non-hydrogen) atoms. The van der Waals surface area contributed by atoms with Crippen LogP contribution in [-0.4, -0.2) is 17.6 Å². The number of rotatable bonds is 7. The van der Waals surface area contributed by atoms with E-state index in [2.05, 4.69) is 17.2 Å². The molecule has 2 rings (SSSR count). The zero-order valence-electron chi connectivity index (χ0n) is 12.0. The summed E-state index contributed by atoms with van der Waals surface area (Å²) in [5, 5.41) is 4.24. The molecule has 1 unspecified atom stereocenters. The van der Waals surface area contributed by atoms with Gasteiger partial charge >= 0.3 is 0 Å². The first kappa shape index (κ1) is 17.8. The minimum Gasteiger partial charge on any atom is -0.476 e. The molecule has 0 spiro atoms. The summed E-state index contributed by atoms with van der Waals surface area (Å²) < 4.78 is 5.67. The van der Waals surface area contributed by atoms with Crippen molar-refractivity contribution in [1.82, 2.24) is 10.3 Å². The summed E-state index contributed by atoms with van der Waals surface area (Å²) in [5.74, 6) is 0.666. The molecule has 0 fully saturated rings. The van der Waals surface area contributed by atoms with E-state index in [1.807, 2.05) is 42.5 Å². The largest absolute Gasteiger partial charge is 0.476 e. The maximum absolute atomic E-state index is 5.87. The van der Waals surface area contributed by atoms with E-state index < -0.39 is 0 Å². The van der Waals surface area contributed by atoms with Crippen molar-refractivity contribution in [3.63, 3.8) is 0 Å². The van der Waals surface area contributed by atoms with E-state index in [9.17, 15) is 0 Å². The SMILES string of the molecule is CCC(COc1ccccn1)NCc1ccc(Cl)cc1.Cl. The zero-order valence-corrected chi connectivity index (χ0v) is 13.5. The molecule has 1 N–H and O–H groups in total. The number of halogens is 2. The second-order valence-electron chi connectivity index (χ2n) is 4.59. The third-order valence-corrected chi connectivity index (χ3v) is 3.32. The van der Waals surface area contributed by atoms with E-state index in [0.29, 0.717) is 18.5 Å². The van der Waals surface area contributed by atoms with Crippen molar-refractivity contribution < 1.29 is 4.74 Å². The molecule has 114 valence electrons. The Balaban J connectivity index is 0.00000220. The lowest BCUT2D eigenvalue weighted by Crippen LogP contribution is -2.33. The normalized spacial score (nSPS) is 11.5. The van der Waals surface area contributed by atoms with Crippen molar-refractivity contribution in [3.8, 4) is 5.88 Å².